The van der Waals surface area contributed by atoms with Crippen molar-refractivity contribution < 1.29 is 0 Å². The van der Waals surface area contributed by atoms with Crippen LogP contribution >= 0.6 is 0 Å². The molecular formula is C3H3B15-. The first-order valence-corrected chi connectivity index (χ1v) is 5.71. The second-order valence-corrected chi connectivity index (χ2v) is 4.38. The predicted octanol–water partition coefficient (Wildman–Crippen LogP) is -5.20. The quantitative estimate of drug-likeness (QED) is 0.298. The molecule has 0 saturated heterocycles. The van der Waals surface area contributed by atoms with Crippen molar-refractivity contribution in [3.8, 4) is 11.7 Å². The Morgan fingerprint density at radius 3 is 1.39 bits per heavy atom. The zero-order chi connectivity index (χ0) is 14.5. The van der Waals surface area contributed by atoms with Gasteiger partial charge in [-0.2, -0.15) is 5.82 Å². The monoisotopic (exact) mass is 204 g/mol. The third kappa shape index (κ3) is 5.26. The lowest BCUT2D eigenvalue weighted by atomic mass is 8.48. The molecule has 0 aromatic rings. The van der Waals surface area contributed by atoms with Crippen molar-refractivity contribution in [3.05, 3.63) is 0 Å². The molecule has 0 fully saturated rings. The Bertz CT molecular complexity index is 248. The lowest BCUT2D eigenvalue weighted by Gasteiger charge is -2.39. The number of hydrogen-bond donors (Lipinski definition) is 0. The van der Waals surface area contributed by atoms with Gasteiger partial charge in [-0.3, -0.25) is 0 Å². The van der Waals surface area contributed by atoms with E-state index >= 15 is 0 Å². The summed E-state index contributed by atoms with van der Waals surface area (Å²) < 4.78 is 0. The van der Waals surface area contributed by atoms with E-state index in [2.05, 4.69) is 11.7 Å². The van der Waals surface area contributed by atoms with Crippen LogP contribution in [0.25, 0.3) is 0 Å². The van der Waals surface area contributed by atoms with Gasteiger partial charge in [0.2, 0.25) is 0 Å². The molecule has 17 radical (unpaired) electrons. The molecule has 0 heterocycles. The Morgan fingerprint density at radius 2 is 1.17 bits per heavy atom. The molecule has 0 aliphatic rings. The van der Waals surface area contributed by atoms with Crippen LogP contribution in [0, 0.1) is 11.7 Å². The molecule has 0 aliphatic carbocycles. The van der Waals surface area contributed by atoms with Crippen LogP contribution in [0.2, 0.25) is 0 Å². The summed E-state index contributed by atoms with van der Waals surface area (Å²) >= 11 is 0. The predicted molar refractivity (Wildman–Crippen MR) is 99.8 cm³/mol. The third-order valence-electron chi connectivity index (χ3n) is 2.92. The average molecular weight is 201 g/mol. The Labute approximate surface area is 125 Å². The summed E-state index contributed by atoms with van der Waals surface area (Å²) in [5.41, 5.74) is 0. The first-order valence-electron chi connectivity index (χ1n) is 5.71. The van der Waals surface area contributed by atoms with E-state index in [-0.39, 0.29) is 0 Å². The molecule has 0 aliphatic heterocycles. The Kier molecular flexibility index (Phi) is 8.91. The fourth-order valence-corrected chi connectivity index (χ4v) is 2.09. The second kappa shape index (κ2) is 8.65. The third-order valence-corrected chi connectivity index (χ3v) is 2.92. The van der Waals surface area contributed by atoms with Gasteiger partial charge < -0.3 is 7.74 Å². The first kappa shape index (κ1) is 18.5. The summed E-state index contributed by atoms with van der Waals surface area (Å²) in [5, 5.41) is 0. The molecule has 18 heavy (non-hydrogen) atoms. The molecule has 0 N–H and O–H groups in total. The minimum atomic E-state index is -0.768. The van der Waals surface area contributed by atoms with Gasteiger partial charge in [0.05, 0.1) is 0 Å². The molecule has 0 saturated carbocycles. The van der Waals surface area contributed by atoms with E-state index in [0.29, 0.717) is 0 Å². The van der Waals surface area contributed by atoms with Crippen LogP contribution in [-0.2, 0) is 0 Å². The Hall–Kier alpha value is 0.534. The van der Waals surface area contributed by atoms with Crippen LogP contribution in [0.4, 0.5) is 0 Å². The molecular weight excluding hydrogens is 198 g/mol. The van der Waals surface area contributed by atoms with Crippen molar-refractivity contribution in [2.24, 2.45) is 0 Å². The van der Waals surface area contributed by atoms with Crippen LogP contribution in [0.5, 0.6) is 0 Å². The molecule has 0 nitrogen and oxygen atoms in total. The molecule has 0 bridgehead atoms. The van der Waals surface area contributed by atoms with E-state index in [1.165, 1.54) is 0 Å². The van der Waals surface area contributed by atoms with Crippen LogP contribution in [0.15, 0.2) is 0 Å². The van der Waals surface area contributed by atoms with Crippen LogP contribution in [0.1, 0.15) is 6.92 Å². The summed E-state index contributed by atoms with van der Waals surface area (Å²) in [6.45, 7) is 1.20. The van der Waals surface area contributed by atoms with Gasteiger partial charge in [0.1, 0.15) is 6.49 Å². The van der Waals surface area contributed by atoms with Gasteiger partial charge in [0.15, 0.2) is 0 Å². The molecule has 0 aromatic carbocycles. The molecule has 0 rings (SSSR count). The maximum absolute atomic E-state index is 5.69. The molecule has 0 amide bonds. The van der Waals surface area contributed by atoms with Crippen LogP contribution in [0.3, 0.4) is 0 Å². The van der Waals surface area contributed by atoms with Gasteiger partial charge >= 0.3 is 0 Å². The molecule has 15 heteroatoms. The minimum absolute atomic E-state index is 0.463. The van der Waals surface area contributed by atoms with Crippen molar-refractivity contribution in [3.63, 3.8) is 0 Å². The summed E-state index contributed by atoms with van der Waals surface area (Å²) in [4.78, 5) is 0. The van der Waals surface area contributed by atoms with Gasteiger partial charge in [0.25, 0.3) is 0 Å². The SMILES string of the molecule is [B]B([B])B(B([B])[B])B(C#CC)B(B([B])[B])B([B])[B-]. The van der Waals surface area contributed by atoms with Gasteiger partial charge in [0, 0.05) is 50.1 Å². The summed E-state index contributed by atoms with van der Waals surface area (Å²) in [6.07, 6.45) is -4.09. The normalized spacial score (nSPS) is 8.56. The number of rotatable bonds is 6. The highest BCUT2D eigenvalue weighted by atomic mass is 13.4. The van der Waals surface area contributed by atoms with Crippen molar-refractivity contribution in [2.45, 2.75) is 6.92 Å². The molecule has 0 atom stereocenters. The fraction of sp³-hybridized carbons (Fsp3) is 0.333. The summed E-state index contributed by atoms with van der Waals surface area (Å²) in [7, 11) is 45.5. The molecule has 61 valence electrons. The fourth-order valence-electron chi connectivity index (χ4n) is 2.09. The Balaban J connectivity index is 5.41. The largest absolute Gasteiger partial charge is 0.687 e. The van der Waals surface area contributed by atoms with Gasteiger partial charge in [-0.1, -0.05) is 0 Å². The molecule has 0 aromatic heterocycles. The van der Waals surface area contributed by atoms with E-state index in [0.717, 1.165) is 0 Å². The van der Waals surface area contributed by atoms with Crippen LogP contribution in [-0.4, -0.2) is 107 Å². The maximum Gasteiger partial charge on any atom is 0.129 e. The van der Waals surface area contributed by atoms with E-state index in [1.807, 2.05) is 0 Å². The van der Waals surface area contributed by atoms with Gasteiger partial charge in [-0.15, -0.1) is 5.92 Å². The lowest BCUT2D eigenvalue weighted by Crippen LogP contribution is -2.73. The van der Waals surface area contributed by atoms with Crippen molar-refractivity contribution in [1.82, 2.24) is 0 Å². The topological polar surface area (TPSA) is 0 Å². The standard InChI is InChI=1S/C3H3B15/c1-2-3-12(17(13(4)5)14(6)7)18(15(8)9)16(10)11/h1H3/q-1. The highest BCUT2D eigenvalue weighted by Gasteiger charge is 2.38. The zero-order valence-corrected chi connectivity index (χ0v) is 10.7. The first-order chi connectivity index (χ1) is 8.23. The van der Waals surface area contributed by atoms with E-state index < -0.39 is 44.8 Å². The second-order valence-electron chi connectivity index (χ2n) is 4.38. The summed E-state index contributed by atoms with van der Waals surface area (Å²) in [6, 6.07) is 0. The van der Waals surface area contributed by atoms with Crippen molar-refractivity contribution in [2.75, 3.05) is 0 Å². The maximum atomic E-state index is 5.69. The summed E-state index contributed by atoms with van der Waals surface area (Å²) in [5.74, 6) is 5.67. The zero-order valence-electron chi connectivity index (χ0n) is 10.7. The molecule has 0 spiro atoms. The Morgan fingerprint density at radius 1 is 0.778 bits per heavy atom. The van der Waals surface area contributed by atoms with Crippen LogP contribution < -0.4 is 0 Å². The van der Waals surface area contributed by atoms with Gasteiger partial charge in [-0.25, -0.2) is 6.39 Å². The average Bonchev–Trinajstić information content (AvgIpc) is 2.14. The van der Waals surface area contributed by atoms with E-state index in [1.54, 1.807) is 6.92 Å². The highest BCUT2D eigenvalue weighted by molar-refractivity contribution is 8.09. The lowest BCUT2D eigenvalue weighted by molar-refractivity contribution is 1.93. The number of hydrogen-bond acceptors (Lipinski definition) is 0. The van der Waals surface area contributed by atoms with Gasteiger partial charge in [-0.05, 0) is 42.9 Å². The van der Waals surface area contributed by atoms with Crippen molar-refractivity contribution >= 4 is 107 Å². The highest BCUT2D eigenvalue weighted by Crippen LogP contribution is 2.02. The minimum Gasteiger partial charge on any atom is -0.687 e. The smallest absolute Gasteiger partial charge is 0.129 e. The molecule has 0 unspecified atom stereocenters. The van der Waals surface area contributed by atoms with Crippen molar-refractivity contribution in [1.29, 1.82) is 0 Å². The van der Waals surface area contributed by atoms with E-state index in [9.17, 15) is 0 Å². The van der Waals surface area contributed by atoms with E-state index in [4.69, 9.17) is 61.9 Å².